The lowest BCUT2D eigenvalue weighted by Gasteiger charge is -2.25. The molecular formula is C46H20N2O4S3. The van der Waals surface area contributed by atoms with Crippen LogP contribution < -0.4 is 10.6 Å². The molecule has 0 unspecified atom stereocenters. The van der Waals surface area contributed by atoms with Crippen molar-refractivity contribution < 1.29 is 19.2 Å². The lowest BCUT2D eigenvalue weighted by molar-refractivity contribution is 0.0823. The number of amides is 4. The molecule has 2 aliphatic heterocycles. The summed E-state index contributed by atoms with van der Waals surface area (Å²) in [6, 6.07) is 33.7. The molecule has 0 atom stereocenters. The molecule has 9 heteroatoms. The van der Waals surface area contributed by atoms with Gasteiger partial charge in [-0.2, -0.15) is 0 Å². The molecule has 6 nitrogen and oxygen atoms in total. The van der Waals surface area contributed by atoms with E-state index in [1.165, 1.54) is 52.7 Å². The maximum absolute atomic E-state index is 13.8. The molecule has 0 aliphatic carbocycles. The quantitative estimate of drug-likeness (QED) is 0.104. The highest BCUT2D eigenvalue weighted by molar-refractivity contribution is 7.27. The number of fused-ring (bicyclic) bond motifs is 8. The number of hydrogen-bond acceptors (Lipinski definition) is 7. The van der Waals surface area contributed by atoms with E-state index < -0.39 is 23.6 Å². The molecule has 0 saturated heterocycles. The van der Waals surface area contributed by atoms with Crippen LogP contribution in [0.3, 0.4) is 0 Å². The molecule has 256 valence electrons. The number of benzene rings is 8. The first-order valence-corrected chi connectivity index (χ1v) is 20.3. The van der Waals surface area contributed by atoms with Gasteiger partial charge in [0.15, 0.2) is 0 Å². The molecule has 4 amide bonds. The molecule has 0 saturated carbocycles. The van der Waals surface area contributed by atoms with E-state index in [0.29, 0.717) is 21.9 Å². The summed E-state index contributed by atoms with van der Waals surface area (Å²) in [5.41, 5.74) is 3.65. The van der Waals surface area contributed by atoms with Gasteiger partial charge < -0.3 is 0 Å². The van der Waals surface area contributed by atoms with Crippen molar-refractivity contribution in [2.24, 2.45) is 0 Å². The third-order valence-corrected chi connectivity index (χ3v) is 14.8. The minimum atomic E-state index is -0.548. The van der Waals surface area contributed by atoms with Crippen LogP contribution in [0.4, 0.5) is 0 Å². The Hall–Kier alpha value is -6.52. The van der Waals surface area contributed by atoms with Gasteiger partial charge in [-0.3, -0.25) is 29.8 Å². The summed E-state index contributed by atoms with van der Waals surface area (Å²) in [4.78, 5) is 54.4. The Bertz CT molecular complexity index is 3690. The van der Waals surface area contributed by atoms with Gasteiger partial charge >= 0.3 is 0 Å². The molecule has 2 N–H and O–H groups in total. The first kappa shape index (κ1) is 29.9. The van der Waals surface area contributed by atoms with Crippen molar-refractivity contribution in [3.05, 3.63) is 130 Å². The standard InChI is InChI=1S/C46H20N2O4S3/c49-43-25-10-11-26-37-36(25)30(45(51)47-43)16-29(38(37)46(52)48-44(26)50)32-18-54-42-31-17-33(55-40(31)27-12-13-53-41(27)39(32)42)21-14-20-6-3-8-23-22-7-1-4-19-5-2-9-24(34(19)22)28(15-21)35(20)23/h1-18H,(H,47,49,51)(H,48,50,52). The minimum Gasteiger partial charge on any atom is -0.288 e. The molecule has 2 aliphatic rings. The molecule has 13 rings (SSSR count). The molecule has 11 aromatic rings. The highest BCUT2D eigenvalue weighted by Gasteiger charge is 2.36. The second-order valence-electron chi connectivity index (χ2n) is 14.3. The van der Waals surface area contributed by atoms with Crippen molar-refractivity contribution in [1.29, 1.82) is 0 Å². The van der Waals surface area contributed by atoms with E-state index in [1.54, 1.807) is 52.2 Å². The fourth-order valence-electron chi connectivity index (χ4n) is 9.40. The Balaban J connectivity index is 1.10. The number of carbonyl (C=O) groups is 4. The molecule has 3 aromatic heterocycles. The van der Waals surface area contributed by atoms with E-state index in [0.717, 1.165) is 36.7 Å². The molecule has 0 fully saturated rings. The average Bonchev–Trinajstić information content (AvgIpc) is 3.96. The molecule has 0 bridgehead atoms. The Kier molecular flexibility index (Phi) is 5.52. The van der Waals surface area contributed by atoms with Crippen LogP contribution in [-0.2, 0) is 0 Å². The molecule has 0 spiro atoms. The summed E-state index contributed by atoms with van der Waals surface area (Å²) < 4.78 is 3.38. The molecule has 5 heterocycles. The van der Waals surface area contributed by atoms with Crippen molar-refractivity contribution >= 4 is 142 Å². The maximum Gasteiger partial charge on any atom is 0.259 e. The van der Waals surface area contributed by atoms with E-state index in [9.17, 15) is 19.2 Å². The second-order valence-corrected chi connectivity index (χ2v) is 17.2. The van der Waals surface area contributed by atoms with Crippen molar-refractivity contribution in [3.8, 4) is 21.6 Å². The fraction of sp³-hybridized carbons (Fsp3) is 0. The van der Waals surface area contributed by atoms with Gasteiger partial charge in [0.05, 0.1) is 5.56 Å². The molecule has 8 aromatic carbocycles. The van der Waals surface area contributed by atoms with Crippen LogP contribution in [0.2, 0.25) is 0 Å². The predicted molar refractivity (Wildman–Crippen MR) is 226 cm³/mol. The smallest absolute Gasteiger partial charge is 0.259 e. The van der Waals surface area contributed by atoms with Gasteiger partial charge in [-0.25, -0.2) is 0 Å². The van der Waals surface area contributed by atoms with Gasteiger partial charge in [0.2, 0.25) is 0 Å². The van der Waals surface area contributed by atoms with Crippen LogP contribution in [0.15, 0.2) is 108 Å². The van der Waals surface area contributed by atoms with Crippen LogP contribution in [-0.4, -0.2) is 23.6 Å². The Morgan fingerprint density at radius 1 is 0.418 bits per heavy atom. The summed E-state index contributed by atoms with van der Waals surface area (Å²) in [6.07, 6.45) is 0. The van der Waals surface area contributed by atoms with Gasteiger partial charge in [-0.05, 0) is 107 Å². The van der Waals surface area contributed by atoms with Crippen LogP contribution in [0.5, 0.6) is 0 Å². The van der Waals surface area contributed by atoms with Crippen molar-refractivity contribution in [1.82, 2.24) is 10.6 Å². The summed E-state index contributed by atoms with van der Waals surface area (Å²) in [5, 5.41) is 23.1. The molecular weight excluding hydrogens is 741 g/mol. The number of rotatable bonds is 2. The van der Waals surface area contributed by atoms with E-state index in [2.05, 4.69) is 100 Å². The zero-order valence-electron chi connectivity index (χ0n) is 28.3. The van der Waals surface area contributed by atoms with Crippen molar-refractivity contribution in [2.75, 3.05) is 0 Å². The summed E-state index contributed by atoms with van der Waals surface area (Å²) >= 11 is 5.06. The average molecular weight is 761 g/mol. The van der Waals surface area contributed by atoms with E-state index in [-0.39, 0.29) is 16.7 Å². The van der Waals surface area contributed by atoms with Crippen LogP contribution >= 0.6 is 34.0 Å². The van der Waals surface area contributed by atoms with Crippen LogP contribution in [0.25, 0.3) is 106 Å². The Morgan fingerprint density at radius 3 is 1.85 bits per heavy atom. The number of nitrogens with one attached hydrogen (secondary N) is 2. The van der Waals surface area contributed by atoms with Crippen molar-refractivity contribution in [3.63, 3.8) is 0 Å². The van der Waals surface area contributed by atoms with E-state index in [1.807, 2.05) is 0 Å². The van der Waals surface area contributed by atoms with Crippen LogP contribution in [0.1, 0.15) is 41.4 Å². The zero-order chi connectivity index (χ0) is 36.4. The minimum absolute atomic E-state index is 0.269. The van der Waals surface area contributed by atoms with Crippen LogP contribution in [0, 0.1) is 0 Å². The van der Waals surface area contributed by atoms with Gasteiger partial charge in [-0.15, -0.1) is 34.0 Å². The highest BCUT2D eigenvalue weighted by Crippen LogP contribution is 2.52. The van der Waals surface area contributed by atoms with Gasteiger partial charge in [-0.1, -0.05) is 54.6 Å². The number of carbonyl (C=O) groups excluding carboxylic acids is 4. The van der Waals surface area contributed by atoms with Gasteiger partial charge in [0.1, 0.15) is 0 Å². The number of hydrogen-bond donors (Lipinski definition) is 2. The first-order chi connectivity index (χ1) is 26.9. The summed E-state index contributed by atoms with van der Waals surface area (Å²) in [6.45, 7) is 0. The largest absolute Gasteiger partial charge is 0.288 e. The van der Waals surface area contributed by atoms with Gasteiger partial charge in [0.25, 0.3) is 23.6 Å². The summed E-state index contributed by atoms with van der Waals surface area (Å²) in [7, 11) is 0. The first-order valence-electron chi connectivity index (χ1n) is 17.7. The number of imide groups is 2. The third-order valence-electron chi connectivity index (χ3n) is 11.6. The van der Waals surface area contributed by atoms with Gasteiger partial charge in [0, 0.05) is 68.2 Å². The number of thiophene rings is 3. The molecule has 55 heavy (non-hydrogen) atoms. The topological polar surface area (TPSA) is 92.3 Å². The normalized spacial score (nSPS) is 14.3. The predicted octanol–water partition coefficient (Wildman–Crippen LogP) is 11.6. The zero-order valence-corrected chi connectivity index (χ0v) is 30.7. The SMILES string of the molecule is O=C1NC(=O)c2cc(-c3csc4c5cc(-c6cc7cccc8c9cccc%10cccc(c(c6)c78)c%109)sc5c5ccsc5c34)c3c4c(ccc1c24)C(=O)NC3=O. The van der Waals surface area contributed by atoms with Crippen molar-refractivity contribution in [2.45, 2.75) is 0 Å². The lowest BCUT2D eigenvalue weighted by atomic mass is 9.82. The molecule has 0 radical (unpaired) electrons. The fourth-order valence-corrected chi connectivity index (χ4v) is 12.8. The van der Waals surface area contributed by atoms with E-state index in [4.69, 9.17) is 0 Å². The second kappa shape index (κ2) is 10.2. The highest BCUT2D eigenvalue weighted by atomic mass is 32.1. The lowest BCUT2D eigenvalue weighted by Crippen LogP contribution is -2.39. The van der Waals surface area contributed by atoms with E-state index >= 15 is 0 Å². The maximum atomic E-state index is 13.8. The monoisotopic (exact) mass is 760 g/mol. The third kappa shape index (κ3) is 3.67. The Morgan fingerprint density at radius 2 is 1.07 bits per heavy atom. The Labute approximate surface area is 321 Å². The summed E-state index contributed by atoms with van der Waals surface area (Å²) in [5.74, 6) is -2.19.